The summed E-state index contributed by atoms with van der Waals surface area (Å²) in [6.45, 7) is 12.2. The molecular weight excluding hydrogens is 326 g/mol. The summed E-state index contributed by atoms with van der Waals surface area (Å²) in [5.41, 5.74) is 1.15. The minimum absolute atomic E-state index is 0.0201. The molecule has 0 bridgehead atoms. The lowest BCUT2D eigenvalue weighted by Crippen LogP contribution is -2.20. The Hall–Kier alpha value is -1.43. The summed E-state index contributed by atoms with van der Waals surface area (Å²) in [5.74, 6) is 0.607. The van der Waals surface area contributed by atoms with Crippen LogP contribution in [0.3, 0.4) is 0 Å². The second-order valence-corrected chi connectivity index (χ2v) is 12.9. The topological polar surface area (TPSA) is 24.8 Å². The van der Waals surface area contributed by atoms with Crippen molar-refractivity contribution in [3.63, 3.8) is 0 Å². The van der Waals surface area contributed by atoms with Gasteiger partial charge in [-0.15, -0.1) is 0 Å². The Morgan fingerprint density at radius 2 is 1.96 bits per heavy atom. The normalized spacial score (nSPS) is 12.2. The third-order valence-corrected chi connectivity index (χ3v) is 5.59. The van der Waals surface area contributed by atoms with Crippen LogP contribution in [0.15, 0.2) is 17.1 Å². The van der Waals surface area contributed by atoms with Gasteiger partial charge in [0.05, 0.1) is 12.9 Å². The summed E-state index contributed by atoms with van der Waals surface area (Å²) in [5, 5.41) is 0. The molecule has 0 saturated carbocycles. The minimum Gasteiger partial charge on any atom is -0.491 e. The van der Waals surface area contributed by atoms with Gasteiger partial charge < -0.3 is 9.64 Å². The first kappa shape index (κ1) is 20.6. The van der Waals surface area contributed by atoms with E-state index in [1.165, 1.54) is 18.2 Å². The number of rotatable bonds is 9. The van der Waals surface area contributed by atoms with Crippen molar-refractivity contribution >= 4 is 20.1 Å². The first-order valence-electron chi connectivity index (χ1n) is 8.44. The second kappa shape index (κ2) is 9.16. The Kier molecular flexibility index (Phi) is 7.86. The van der Waals surface area contributed by atoms with E-state index in [9.17, 15) is 8.78 Å². The molecule has 1 aromatic carbocycles. The van der Waals surface area contributed by atoms with Crippen LogP contribution in [0.2, 0.25) is 25.7 Å². The summed E-state index contributed by atoms with van der Waals surface area (Å²) in [6.07, 6.45) is 0.116. The molecule has 0 atom stereocenters. The minimum atomic E-state index is -2.51. The van der Waals surface area contributed by atoms with E-state index < -0.39 is 14.5 Å². The molecular formula is C18H30F2N2OSi. The zero-order valence-corrected chi connectivity index (χ0v) is 16.7. The molecule has 0 amide bonds. The molecule has 1 rings (SSSR count). The van der Waals surface area contributed by atoms with Crippen molar-refractivity contribution in [2.45, 2.75) is 52.4 Å². The predicted octanol–water partition coefficient (Wildman–Crippen LogP) is 5.65. The SMILES string of the molecule is CCN(C)C=Nc1cc(C(F)F)cc(C)c1OCCC[Si](C)(C)C. The van der Waals surface area contributed by atoms with E-state index in [0.717, 1.165) is 13.0 Å². The fraction of sp³-hybridized carbons (Fsp3) is 0.611. The number of ether oxygens (including phenoxy) is 1. The quantitative estimate of drug-likeness (QED) is 0.247. The number of nitrogens with zero attached hydrogens (tertiary/aromatic N) is 2. The third-order valence-electron chi connectivity index (χ3n) is 3.74. The van der Waals surface area contributed by atoms with E-state index in [-0.39, 0.29) is 5.56 Å². The molecule has 0 N–H and O–H groups in total. The monoisotopic (exact) mass is 356 g/mol. The van der Waals surface area contributed by atoms with E-state index in [0.29, 0.717) is 23.6 Å². The zero-order valence-electron chi connectivity index (χ0n) is 15.7. The molecule has 0 saturated heterocycles. The average Bonchev–Trinajstić information content (AvgIpc) is 2.49. The lowest BCUT2D eigenvalue weighted by molar-refractivity contribution is 0.151. The van der Waals surface area contributed by atoms with Crippen LogP contribution < -0.4 is 4.74 Å². The second-order valence-electron chi connectivity index (χ2n) is 7.32. The van der Waals surface area contributed by atoms with Gasteiger partial charge in [-0.2, -0.15) is 0 Å². The number of alkyl halides is 2. The van der Waals surface area contributed by atoms with Crippen LogP contribution in [0.4, 0.5) is 14.5 Å². The maximum absolute atomic E-state index is 13.1. The van der Waals surface area contributed by atoms with Crippen molar-refractivity contribution < 1.29 is 13.5 Å². The van der Waals surface area contributed by atoms with Gasteiger partial charge in [0.25, 0.3) is 6.43 Å². The number of hydrogen-bond donors (Lipinski definition) is 0. The largest absolute Gasteiger partial charge is 0.491 e. The van der Waals surface area contributed by atoms with Gasteiger partial charge in [0.15, 0.2) is 0 Å². The highest BCUT2D eigenvalue weighted by Crippen LogP contribution is 2.36. The third kappa shape index (κ3) is 6.99. The molecule has 0 heterocycles. The molecule has 24 heavy (non-hydrogen) atoms. The molecule has 0 aliphatic rings. The van der Waals surface area contributed by atoms with Gasteiger partial charge in [0, 0.05) is 27.2 Å². The summed E-state index contributed by atoms with van der Waals surface area (Å²) in [7, 11) is 0.794. The molecule has 0 radical (unpaired) electrons. The van der Waals surface area contributed by atoms with Gasteiger partial charge in [0.2, 0.25) is 0 Å². The Labute approximate surface area is 145 Å². The molecule has 0 aliphatic carbocycles. The van der Waals surface area contributed by atoms with Crippen LogP contribution in [0.1, 0.15) is 30.9 Å². The molecule has 1 aromatic rings. The highest BCUT2D eigenvalue weighted by atomic mass is 28.3. The fourth-order valence-electron chi connectivity index (χ4n) is 2.21. The Morgan fingerprint density at radius 1 is 1.29 bits per heavy atom. The smallest absolute Gasteiger partial charge is 0.263 e. The molecule has 6 heteroatoms. The predicted molar refractivity (Wildman–Crippen MR) is 101 cm³/mol. The van der Waals surface area contributed by atoms with Crippen LogP contribution in [0.25, 0.3) is 0 Å². The summed E-state index contributed by atoms with van der Waals surface area (Å²) < 4.78 is 32.0. The van der Waals surface area contributed by atoms with Gasteiger partial charge >= 0.3 is 0 Å². The van der Waals surface area contributed by atoms with E-state index in [1.54, 1.807) is 13.3 Å². The lowest BCUT2D eigenvalue weighted by atomic mass is 10.1. The maximum atomic E-state index is 13.1. The van der Waals surface area contributed by atoms with Crippen molar-refractivity contribution in [2.75, 3.05) is 20.2 Å². The molecule has 0 unspecified atom stereocenters. The fourth-order valence-corrected chi connectivity index (χ4v) is 3.42. The molecule has 3 nitrogen and oxygen atoms in total. The molecule has 136 valence electrons. The number of aliphatic imine (C=N–C) groups is 1. The van der Waals surface area contributed by atoms with Crippen molar-refractivity contribution in [1.29, 1.82) is 0 Å². The molecule has 0 aromatic heterocycles. The highest BCUT2D eigenvalue weighted by Gasteiger charge is 2.16. The van der Waals surface area contributed by atoms with Gasteiger partial charge in [-0.05, 0) is 38.0 Å². The van der Waals surface area contributed by atoms with Crippen LogP contribution >= 0.6 is 0 Å². The van der Waals surface area contributed by atoms with E-state index >= 15 is 0 Å². The van der Waals surface area contributed by atoms with Gasteiger partial charge in [0.1, 0.15) is 11.4 Å². The van der Waals surface area contributed by atoms with E-state index in [4.69, 9.17) is 4.74 Å². The first-order valence-corrected chi connectivity index (χ1v) is 12.1. The van der Waals surface area contributed by atoms with Crippen LogP contribution in [-0.4, -0.2) is 39.5 Å². The van der Waals surface area contributed by atoms with E-state index in [2.05, 4.69) is 24.6 Å². The number of benzene rings is 1. The lowest BCUT2D eigenvalue weighted by Gasteiger charge is -2.17. The summed E-state index contributed by atoms with van der Waals surface area (Å²) >= 11 is 0. The molecule has 0 fully saturated rings. The number of halogens is 2. The summed E-state index contributed by atoms with van der Waals surface area (Å²) in [6, 6.07) is 4.09. The Balaban J connectivity index is 2.97. The maximum Gasteiger partial charge on any atom is 0.263 e. The number of hydrogen-bond acceptors (Lipinski definition) is 2. The van der Waals surface area contributed by atoms with Gasteiger partial charge in [-0.25, -0.2) is 13.8 Å². The highest BCUT2D eigenvalue weighted by molar-refractivity contribution is 6.76. The zero-order chi connectivity index (χ0) is 18.3. The van der Waals surface area contributed by atoms with E-state index in [1.807, 2.05) is 18.9 Å². The standard InChI is InChI=1S/C18H30F2N2OSi/c1-7-22(3)13-21-16-12-15(18(19)20)11-14(2)17(16)23-9-8-10-24(4,5)6/h11-13,18H,7-10H2,1-6H3. The van der Waals surface area contributed by atoms with Crippen molar-refractivity contribution in [2.24, 2.45) is 4.99 Å². The Bertz CT molecular complexity index is 557. The van der Waals surface area contributed by atoms with Crippen molar-refractivity contribution in [3.8, 4) is 5.75 Å². The van der Waals surface area contributed by atoms with Crippen LogP contribution in [0, 0.1) is 6.92 Å². The summed E-state index contributed by atoms with van der Waals surface area (Å²) in [4.78, 5) is 6.25. The molecule has 0 spiro atoms. The van der Waals surface area contributed by atoms with Crippen molar-refractivity contribution in [3.05, 3.63) is 23.3 Å². The van der Waals surface area contributed by atoms with Crippen molar-refractivity contribution in [1.82, 2.24) is 4.90 Å². The number of aryl methyl sites for hydroxylation is 1. The van der Waals surface area contributed by atoms with Crippen LogP contribution in [0.5, 0.6) is 5.75 Å². The first-order chi connectivity index (χ1) is 11.1. The van der Waals surface area contributed by atoms with Gasteiger partial charge in [-0.1, -0.05) is 25.7 Å². The van der Waals surface area contributed by atoms with Crippen LogP contribution in [-0.2, 0) is 0 Å². The average molecular weight is 357 g/mol. The van der Waals surface area contributed by atoms with Gasteiger partial charge in [-0.3, -0.25) is 0 Å². The molecule has 0 aliphatic heterocycles. The Morgan fingerprint density at radius 3 is 2.50 bits per heavy atom.